The summed E-state index contributed by atoms with van der Waals surface area (Å²) in [5, 5.41) is 4.41. The second kappa shape index (κ2) is 11.3. The van der Waals surface area contributed by atoms with E-state index < -0.39 is 0 Å². The molecule has 5 rings (SSSR count). The first kappa shape index (κ1) is 25.2. The number of aromatic nitrogens is 2. The van der Waals surface area contributed by atoms with Gasteiger partial charge in [-0.15, -0.1) is 0 Å². The minimum Gasteiger partial charge on any atom is -0.346 e. The number of nitrogens with zero attached hydrogens (tertiary/aromatic N) is 2. The van der Waals surface area contributed by atoms with Gasteiger partial charge >= 0.3 is 0 Å². The molecule has 37 heavy (non-hydrogen) atoms. The normalized spacial score (nSPS) is 17.2. The molecule has 1 amide bonds. The molecular formula is C30H31ClN4O2. The maximum absolute atomic E-state index is 13.2. The van der Waals surface area contributed by atoms with Crippen LogP contribution < -0.4 is 11.1 Å². The highest BCUT2D eigenvalue weighted by Gasteiger charge is 2.31. The number of nitrogens with one attached hydrogen (secondary N) is 1. The highest BCUT2D eigenvalue weighted by molar-refractivity contribution is 6.36. The Bertz CT molecular complexity index is 1400. The summed E-state index contributed by atoms with van der Waals surface area (Å²) in [7, 11) is 0. The Hall–Kier alpha value is -3.48. The van der Waals surface area contributed by atoms with E-state index in [1.165, 1.54) is 5.56 Å². The Morgan fingerprint density at radius 1 is 1.08 bits per heavy atom. The van der Waals surface area contributed by atoms with E-state index in [1.54, 1.807) is 24.4 Å². The number of ketones is 1. The number of amides is 1. The molecule has 1 aliphatic rings. The smallest absolute Gasteiger partial charge is 0.225 e. The topological polar surface area (TPSA) is 90.0 Å². The zero-order valence-corrected chi connectivity index (χ0v) is 21.5. The first-order valence-electron chi connectivity index (χ1n) is 12.9. The second-order valence-electron chi connectivity index (χ2n) is 9.71. The molecule has 2 heterocycles. The van der Waals surface area contributed by atoms with Crippen LogP contribution in [-0.4, -0.2) is 27.8 Å². The average molecular weight is 515 g/mol. The van der Waals surface area contributed by atoms with Gasteiger partial charge < -0.3 is 15.6 Å². The lowest BCUT2D eigenvalue weighted by molar-refractivity contribution is -0.116. The van der Waals surface area contributed by atoms with Gasteiger partial charge in [0.25, 0.3) is 0 Å². The van der Waals surface area contributed by atoms with Crippen molar-refractivity contribution in [2.75, 3.05) is 11.9 Å². The van der Waals surface area contributed by atoms with Crippen molar-refractivity contribution < 1.29 is 9.59 Å². The fraction of sp³-hybridized carbons (Fsp3) is 0.300. The van der Waals surface area contributed by atoms with Crippen molar-refractivity contribution in [3.8, 4) is 0 Å². The summed E-state index contributed by atoms with van der Waals surface area (Å²) < 4.78 is 2.14. The summed E-state index contributed by atoms with van der Waals surface area (Å²) in [6, 6.07) is 18.5. The third-order valence-corrected chi connectivity index (χ3v) is 7.70. The number of halogens is 1. The standard InChI is InChI=1S/C30H31ClN4O2/c31-26-17-23-25(22-10-6-9-20(22)12-13-29(36)34-28-11-4-5-15-33-28)19-35(16-14-32)27(23)18-24(26)30(37)21-7-2-1-3-8-21/h1-5,7-8,11,15,17-20,22H,6,9-10,12-14,16,32H2,(H,33,34,36). The van der Waals surface area contributed by atoms with Crippen LogP contribution in [0.5, 0.6) is 0 Å². The van der Waals surface area contributed by atoms with Crippen molar-refractivity contribution >= 4 is 40.0 Å². The molecule has 2 aromatic heterocycles. The molecule has 0 saturated heterocycles. The monoisotopic (exact) mass is 514 g/mol. The minimum absolute atomic E-state index is 0.0120. The molecule has 2 atom stereocenters. The zero-order valence-electron chi connectivity index (χ0n) is 20.7. The van der Waals surface area contributed by atoms with Gasteiger partial charge in [-0.3, -0.25) is 9.59 Å². The van der Waals surface area contributed by atoms with Gasteiger partial charge in [-0.05, 0) is 60.9 Å². The third kappa shape index (κ3) is 5.45. The lowest BCUT2D eigenvalue weighted by Gasteiger charge is -2.19. The van der Waals surface area contributed by atoms with Crippen LogP contribution in [-0.2, 0) is 11.3 Å². The van der Waals surface area contributed by atoms with Gasteiger partial charge in [-0.1, -0.05) is 54.4 Å². The summed E-state index contributed by atoms with van der Waals surface area (Å²) in [5.74, 6) is 1.21. The summed E-state index contributed by atoms with van der Waals surface area (Å²) in [5.41, 5.74) is 9.26. The van der Waals surface area contributed by atoms with Gasteiger partial charge in [0.15, 0.2) is 5.78 Å². The lowest BCUT2D eigenvalue weighted by Crippen LogP contribution is -2.15. The van der Waals surface area contributed by atoms with Crippen LogP contribution in [0.3, 0.4) is 0 Å². The van der Waals surface area contributed by atoms with Crippen molar-refractivity contribution in [1.29, 1.82) is 0 Å². The van der Waals surface area contributed by atoms with E-state index in [1.807, 2.05) is 42.5 Å². The highest BCUT2D eigenvalue weighted by atomic mass is 35.5. The molecule has 0 radical (unpaired) electrons. The Morgan fingerprint density at radius 3 is 2.65 bits per heavy atom. The van der Waals surface area contributed by atoms with E-state index >= 15 is 0 Å². The largest absolute Gasteiger partial charge is 0.346 e. The predicted octanol–water partition coefficient (Wildman–Crippen LogP) is 6.18. The second-order valence-corrected chi connectivity index (χ2v) is 10.1. The van der Waals surface area contributed by atoms with E-state index in [9.17, 15) is 9.59 Å². The molecule has 0 aliphatic heterocycles. The summed E-state index contributed by atoms with van der Waals surface area (Å²) in [6.07, 6.45) is 8.39. The van der Waals surface area contributed by atoms with Gasteiger partial charge in [-0.2, -0.15) is 0 Å². The fourth-order valence-electron chi connectivity index (χ4n) is 5.63. The fourth-order valence-corrected chi connectivity index (χ4v) is 5.88. The van der Waals surface area contributed by atoms with Crippen molar-refractivity contribution in [2.45, 2.75) is 44.6 Å². The molecule has 190 valence electrons. The van der Waals surface area contributed by atoms with Gasteiger partial charge in [0.1, 0.15) is 5.82 Å². The van der Waals surface area contributed by atoms with Crippen molar-refractivity contribution in [3.63, 3.8) is 0 Å². The number of hydrogen-bond acceptors (Lipinski definition) is 4. The van der Waals surface area contributed by atoms with Crippen molar-refractivity contribution in [2.24, 2.45) is 11.7 Å². The van der Waals surface area contributed by atoms with Crippen LogP contribution in [0.15, 0.2) is 73.1 Å². The molecule has 2 unspecified atom stereocenters. The van der Waals surface area contributed by atoms with Gasteiger partial charge in [0.05, 0.1) is 5.02 Å². The molecule has 6 nitrogen and oxygen atoms in total. The Balaban J connectivity index is 1.41. The highest BCUT2D eigenvalue weighted by Crippen LogP contribution is 2.45. The molecular weight excluding hydrogens is 484 g/mol. The number of carbonyl (C=O) groups is 2. The Morgan fingerprint density at radius 2 is 1.89 bits per heavy atom. The summed E-state index contributed by atoms with van der Waals surface area (Å²) in [6.45, 7) is 1.15. The Kier molecular flexibility index (Phi) is 7.68. The number of pyridine rings is 1. The van der Waals surface area contributed by atoms with Crippen molar-refractivity contribution in [1.82, 2.24) is 9.55 Å². The number of nitrogens with two attached hydrogens (primary N) is 1. The van der Waals surface area contributed by atoms with E-state index in [2.05, 4.69) is 21.1 Å². The van der Waals surface area contributed by atoms with Gasteiger partial charge in [0.2, 0.25) is 5.91 Å². The van der Waals surface area contributed by atoms with E-state index in [-0.39, 0.29) is 11.7 Å². The van der Waals surface area contributed by atoms with Crippen LogP contribution in [0.2, 0.25) is 5.02 Å². The maximum Gasteiger partial charge on any atom is 0.225 e. The Labute approximate surface area is 221 Å². The maximum atomic E-state index is 13.2. The minimum atomic E-state index is -0.0905. The molecule has 7 heteroatoms. The van der Waals surface area contributed by atoms with Crippen LogP contribution >= 0.6 is 11.6 Å². The molecule has 3 N–H and O–H groups in total. The average Bonchev–Trinajstić information content (AvgIpc) is 3.52. The van der Waals surface area contributed by atoms with E-state index in [0.29, 0.717) is 53.3 Å². The predicted molar refractivity (Wildman–Crippen MR) is 148 cm³/mol. The molecule has 1 fully saturated rings. The number of benzene rings is 2. The summed E-state index contributed by atoms with van der Waals surface area (Å²) in [4.78, 5) is 30.0. The number of anilines is 1. The van der Waals surface area contributed by atoms with Crippen LogP contribution in [0.25, 0.3) is 10.9 Å². The number of carbonyl (C=O) groups excluding carboxylic acids is 2. The third-order valence-electron chi connectivity index (χ3n) is 7.38. The lowest BCUT2D eigenvalue weighted by atomic mass is 9.85. The molecule has 4 aromatic rings. The van der Waals surface area contributed by atoms with E-state index in [4.69, 9.17) is 17.3 Å². The van der Waals surface area contributed by atoms with Crippen LogP contribution in [0.1, 0.15) is 59.5 Å². The van der Waals surface area contributed by atoms with Crippen molar-refractivity contribution in [3.05, 3.63) is 94.8 Å². The molecule has 2 aromatic carbocycles. The number of hydrogen-bond donors (Lipinski definition) is 2. The zero-order chi connectivity index (χ0) is 25.8. The van der Waals surface area contributed by atoms with Gasteiger partial charge in [0, 0.05) is 53.9 Å². The molecule has 0 bridgehead atoms. The number of rotatable bonds is 9. The SMILES string of the molecule is NCCn1cc(C2CCCC2CCC(=O)Nc2ccccn2)c2cc(Cl)c(C(=O)c3ccccc3)cc21. The quantitative estimate of drug-likeness (QED) is 0.261. The number of fused-ring (bicyclic) bond motifs is 1. The first-order valence-corrected chi connectivity index (χ1v) is 13.3. The van der Waals surface area contributed by atoms with E-state index in [0.717, 1.165) is 36.6 Å². The summed E-state index contributed by atoms with van der Waals surface area (Å²) >= 11 is 6.72. The van der Waals surface area contributed by atoms with Gasteiger partial charge in [-0.25, -0.2) is 4.98 Å². The van der Waals surface area contributed by atoms with Crippen LogP contribution in [0, 0.1) is 5.92 Å². The molecule has 0 spiro atoms. The first-order chi connectivity index (χ1) is 18.0. The molecule has 1 saturated carbocycles. The van der Waals surface area contributed by atoms with Crippen LogP contribution in [0.4, 0.5) is 5.82 Å². The molecule has 1 aliphatic carbocycles.